The van der Waals surface area contributed by atoms with Crippen molar-refractivity contribution in [2.45, 2.75) is 78.5 Å². The van der Waals surface area contributed by atoms with Crippen LogP contribution in [0.25, 0.3) is 11.2 Å². The van der Waals surface area contributed by atoms with Crippen molar-refractivity contribution in [1.82, 2.24) is 29.7 Å². The first-order chi connectivity index (χ1) is 20.7. The van der Waals surface area contributed by atoms with Gasteiger partial charge in [-0.1, -0.05) is 24.3 Å². The Balaban J connectivity index is 1.89. The van der Waals surface area contributed by atoms with Gasteiger partial charge in [-0.05, 0) is 52.7 Å². The summed E-state index contributed by atoms with van der Waals surface area (Å²) >= 11 is 0. The Hall–Kier alpha value is -3.78. The Morgan fingerprint density at radius 3 is 2.11 bits per heavy atom. The number of hydrogen-bond donors (Lipinski definition) is 4. The van der Waals surface area contributed by atoms with E-state index in [-0.39, 0.29) is 60.5 Å². The lowest BCUT2D eigenvalue weighted by Gasteiger charge is -2.27. The molecule has 0 unspecified atom stereocenters. The molecule has 0 bridgehead atoms. The Bertz CT molecular complexity index is 1460. The lowest BCUT2D eigenvalue weighted by atomic mass is 10.1. The summed E-state index contributed by atoms with van der Waals surface area (Å²) < 4.78 is 36.8. The molecule has 242 valence electrons. The maximum Gasteiger partial charge on any atom is 0.323 e. The number of imidazole rings is 1. The maximum atomic E-state index is 14.3. The van der Waals surface area contributed by atoms with E-state index in [0.717, 1.165) is 0 Å². The zero-order valence-electron chi connectivity index (χ0n) is 26.1. The normalized spacial score (nSPS) is 13.3. The zero-order valence-corrected chi connectivity index (χ0v) is 27.0. The van der Waals surface area contributed by atoms with Crippen molar-refractivity contribution in [3.05, 3.63) is 35.4 Å². The number of aromatic nitrogens is 4. The lowest BCUT2D eigenvalue weighted by molar-refractivity contribution is -0.149. The van der Waals surface area contributed by atoms with E-state index in [4.69, 9.17) is 24.7 Å². The predicted octanol–water partition coefficient (Wildman–Crippen LogP) is 2.74. The average molecular weight is 636 g/mol. The van der Waals surface area contributed by atoms with Gasteiger partial charge in [0.2, 0.25) is 7.44 Å². The van der Waals surface area contributed by atoms with Crippen LogP contribution in [0, 0.1) is 0 Å². The van der Waals surface area contributed by atoms with E-state index >= 15 is 0 Å². The molecule has 0 saturated heterocycles. The number of hydrogen-bond acceptors (Lipinski definition) is 12. The largest absolute Gasteiger partial charge is 0.480 e. The molecule has 0 aliphatic carbocycles. The number of nitrogens with one attached hydrogen (secondary N) is 2. The van der Waals surface area contributed by atoms with Crippen molar-refractivity contribution in [2.24, 2.45) is 0 Å². The molecule has 0 aliphatic heterocycles. The Labute approximate surface area is 256 Å². The topological polar surface area (TPSA) is 202 Å². The van der Waals surface area contributed by atoms with Crippen molar-refractivity contribution in [3.63, 3.8) is 0 Å². The van der Waals surface area contributed by atoms with Crippen LogP contribution in [0.4, 0.5) is 5.82 Å². The van der Waals surface area contributed by atoms with Crippen molar-refractivity contribution >= 4 is 36.4 Å². The molecule has 15 nitrogen and oxygen atoms in total. The summed E-state index contributed by atoms with van der Waals surface area (Å²) in [4.78, 5) is 37.7. The second kappa shape index (κ2) is 15.3. The summed E-state index contributed by atoms with van der Waals surface area (Å²) in [5.41, 5.74) is 7.85. The molecule has 3 rings (SSSR count). The fourth-order valence-corrected chi connectivity index (χ4v) is 6.64. The van der Waals surface area contributed by atoms with Gasteiger partial charge in [0, 0.05) is 7.11 Å². The first kappa shape index (κ1) is 34.7. The van der Waals surface area contributed by atoms with Gasteiger partial charge >= 0.3 is 17.9 Å². The monoisotopic (exact) mass is 635 g/mol. The quantitative estimate of drug-likeness (QED) is 0.102. The summed E-state index contributed by atoms with van der Waals surface area (Å²) in [5.74, 6) is -1.12. The van der Waals surface area contributed by atoms with Crippen LogP contribution in [0.5, 0.6) is 12.0 Å². The number of methoxy groups -OCH3 is 1. The number of rotatable bonds is 16. The number of aromatic hydroxyl groups is 1. The van der Waals surface area contributed by atoms with Crippen LogP contribution in [0.3, 0.4) is 0 Å². The smallest absolute Gasteiger partial charge is 0.323 e. The lowest BCUT2D eigenvalue weighted by Crippen LogP contribution is -2.42. The molecule has 2 atom stereocenters. The standard InChI is InChI=1S/C28H42N7O8P/c1-16(2)42-25(36)18(5)33-44(39,34-19(6)26(37)43-17(3)4)15-21-10-8-9-20(13-21)14-35-24-22(30-28(35)38)23(29)31-27(32-24)41-12-11-40-7/h8-10,13,16-19H,11-12,14-15H2,1-7H3,(H,30,38)(H2,29,31,32)(H2,33,34,39)/t18-,19-/m0/s1. The van der Waals surface area contributed by atoms with Gasteiger partial charge in [0.15, 0.2) is 17.0 Å². The van der Waals surface area contributed by atoms with E-state index in [9.17, 15) is 19.3 Å². The summed E-state index contributed by atoms with van der Waals surface area (Å²) in [7, 11) is -2.11. The molecule has 0 spiro atoms. The Kier molecular flexibility index (Phi) is 12.1. The average Bonchev–Trinajstić information content (AvgIpc) is 3.23. The van der Waals surface area contributed by atoms with Crippen LogP contribution in [0.2, 0.25) is 0 Å². The van der Waals surface area contributed by atoms with Gasteiger partial charge in [0.1, 0.15) is 18.7 Å². The minimum absolute atomic E-state index is 0.00950. The second-order valence-corrected chi connectivity index (χ2v) is 13.1. The first-order valence-electron chi connectivity index (χ1n) is 14.2. The third kappa shape index (κ3) is 9.61. The molecule has 0 fully saturated rings. The van der Waals surface area contributed by atoms with Crippen LogP contribution in [-0.4, -0.2) is 81.2 Å². The summed E-state index contributed by atoms with van der Waals surface area (Å²) in [6, 6.07) is 4.93. The SMILES string of the molecule is COCCOc1nc(N)c2nc(O)n(Cc3cccc(CP(=O)(N[C@@H](C)C(=O)OC(C)C)N[C@@H](C)C(=O)OC(C)C)c3)c2n1. The van der Waals surface area contributed by atoms with Crippen molar-refractivity contribution < 1.29 is 38.2 Å². The van der Waals surface area contributed by atoms with E-state index in [1.165, 1.54) is 11.7 Å². The fraction of sp³-hybridized carbons (Fsp3) is 0.536. The van der Waals surface area contributed by atoms with Gasteiger partial charge in [-0.25, -0.2) is 10.2 Å². The maximum absolute atomic E-state index is 14.3. The van der Waals surface area contributed by atoms with Crippen molar-refractivity contribution in [1.29, 1.82) is 0 Å². The fourth-order valence-electron chi connectivity index (χ4n) is 4.21. The number of esters is 2. The molecule has 44 heavy (non-hydrogen) atoms. The van der Waals surface area contributed by atoms with Crippen LogP contribution >= 0.6 is 7.44 Å². The van der Waals surface area contributed by atoms with E-state index < -0.39 is 31.5 Å². The summed E-state index contributed by atoms with van der Waals surface area (Å²) in [6.07, 6.45) is -0.789. The van der Waals surface area contributed by atoms with Crippen molar-refractivity contribution in [2.75, 3.05) is 26.1 Å². The van der Waals surface area contributed by atoms with Gasteiger partial charge in [-0.3, -0.25) is 18.7 Å². The molecule has 5 N–H and O–H groups in total. The third-order valence-electron chi connectivity index (χ3n) is 6.05. The molecule has 1 aromatic carbocycles. The number of carbonyl (C=O) groups excluding carboxylic acids is 2. The third-order valence-corrected chi connectivity index (χ3v) is 8.47. The van der Waals surface area contributed by atoms with Crippen LogP contribution in [0.15, 0.2) is 24.3 Å². The molecular weight excluding hydrogens is 593 g/mol. The van der Waals surface area contributed by atoms with Crippen molar-refractivity contribution in [3.8, 4) is 12.0 Å². The van der Waals surface area contributed by atoms with Crippen LogP contribution < -0.4 is 20.6 Å². The van der Waals surface area contributed by atoms with Crippen LogP contribution in [-0.2, 0) is 41.1 Å². The van der Waals surface area contributed by atoms with Gasteiger partial charge in [0.05, 0.1) is 31.5 Å². The van der Waals surface area contributed by atoms with Crippen LogP contribution in [0.1, 0.15) is 52.7 Å². The Morgan fingerprint density at radius 2 is 1.55 bits per heavy atom. The molecular formula is C28H42N7O8P. The van der Waals surface area contributed by atoms with E-state index in [2.05, 4.69) is 25.1 Å². The van der Waals surface area contributed by atoms with Gasteiger partial charge < -0.3 is 29.8 Å². The predicted molar refractivity (Wildman–Crippen MR) is 163 cm³/mol. The number of nitrogen functional groups attached to an aromatic ring is 1. The highest BCUT2D eigenvalue weighted by Crippen LogP contribution is 2.42. The number of nitrogens with zero attached hydrogens (tertiary/aromatic N) is 4. The van der Waals surface area contributed by atoms with E-state index in [1.54, 1.807) is 59.7 Å². The van der Waals surface area contributed by atoms with Gasteiger partial charge in [-0.2, -0.15) is 15.0 Å². The molecule has 2 aromatic heterocycles. The molecule has 3 aromatic rings. The number of fused-ring (bicyclic) bond motifs is 1. The number of benzene rings is 1. The molecule has 0 amide bonds. The molecule has 2 heterocycles. The second-order valence-electron chi connectivity index (χ2n) is 10.8. The summed E-state index contributed by atoms with van der Waals surface area (Å²) in [6.45, 7) is 10.6. The first-order valence-corrected chi connectivity index (χ1v) is 16.1. The molecule has 0 saturated carbocycles. The van der Waals surface area contributed by atoms with Gasteiger partial charge in [0.25, 0.3) is 6.01 Å². The number of nitrogens with two attached hydrogens (primary N) is 1. The minimum Gasteiger partial charge on any atom is -0.480 e. The summed E-state index contributed by atoms with van der Waals surface area (Å²) in [5, 5.41) is 16.4. The van der Waals surface area contributed by atoms with Gasteiger partial charge in [-0.15, -0.1) is 0 Å². The Morgan fingerprint density at radius 1 is 0.955 bits per heavy atom. The number of ether oxygens (including phenoxy) is 4. The molecule has 16 heteroatoms. The van der Waals surface area contributed by atoms with E-state index in [0.29, 0.717) is 17.7 Å². The number of carbonyl (C=O) groups is 2. The molecule has 0 aliphatic rings. The zero-order chi connectivity index (χ0) is 32.6. The minimum atomic E-state index is -3.65. The van der Waals surface area contributed by atoms with E-state index in [1.807, 2.05) is 6.07 Å². The highest BCUT2D eigenvalue weighted by molar-refractivity contribution is 7.59. The number of anilines is 1. The molecule has 0 radical (unpaired) electrons. The highest BCUT2D eigenvalue weighted by atomic mass is 31.2. The highest BCUT2D eigenvalue weighted by Gasteiger charge is 2.32.